The van der Waals surface area contributed by atoms with Crippen LogP contribution in [0.2, 0.25) is 0 Å². The lowest BCUT2D eigenvalue weighted by Crippen LogP contribution is -2.40. The lowest BCUT2D eigenvalue weighted by molar-refractivity contribution is 0.0879. The molecule has 2 aromatic heterocycles. The molecule has 0 atom stereocenters. The molecule has 0 bridgehead atoms. The molecule has 1 amide bonds. The molecular formula is C21H26N4O3. The van der Waals surface area contributed by atoms with E-state index in [-0.39, 0.29) is 19.1 Å². The van der Waals surface area contributed by atoms with Crippen LogP contribution in [0.25, 0.3) is 22.3 Å². The highest BCUT2D eigenvalue weighted by Gasteiger charge is 2.29. The van der Waals surface area contributed by atoms with Gasteiger partial charge >= 0.3 is 0 Å². The van der Waals surface area contributed by atoms with Gasteiger partial charge < -0.3 is 20.5 Å². The van der Waals surface area contributed by atoms with Crippen molar-refractivity contribution in [2.45, 2.75) is 39.2 Å². The van der Waals surface area contributed by atoms with Crippen LogP contribution >= 0.6 is 0 Å². The first-order chi connectivity index (χ1) is 13.4. The molecule has 0 spiro atoms. The molecule has 0 unspecified atom stereocenters. The summed E-state index contributed by atoms with van der Waals surface area (Å²) in [5.41, 5.74) is 6.08. The number of benzene rings is 1. The maximum absolute atomic E-state index is 12.3. The Bertz CT molecular complexity index is 1010. The highest BCUT2D eigenvalue weighted by Crippen LogP contribution is 2.38. The number of aromatic nitrogens is 3. The van der Waals surface area contributed by atoms with Gasteiger partial charge in [-0.1, -0.05) is 13.8 Å². The van der Waals surface area contributed by atoms with E-state index in [4.69, 9.17) is 10.2 Å². The maximum atomic E-state index is 12.3. The predicted octanol–water partition coefficient (Wildman–Crippen LogP) is 2.16. The van der Waals surface area contributed by atoms with Crippen LogP contribution in [0.3, 0.4) is 0 Å². The number of aliphatic hydroxyl groups is 2. The number of amides is 1. The first-order valence-corrected chi connectivity index (χ1v) is 9.62. The van der Waals surface area contributed by atoms with E-state index in [0.29, 0.717) is 11.0 Å². The molecule has 0 saturated carbocycles. The Kier molecular flexibility index (Phi) is 4.72. The number of fused-ring (bicyclic) bond motifs is 2. The largest absolute Gasteiger partial charge is 0.394 e. The molecule has 0 fully saturated rings. The van der Waals surface area contributed by atoms with Gasteiger partial charge in [0.05, 0.1) is 24.9 Å². The molecule has 0 saturated heterocycles. The van der Waals surface area contributed by atoms with Crippen molar-refractivity contribution in [2.24, 2.45) is 5.41 Å². The van der Waals surface area contributed by atoms with Crippen LogP contribution in [0.5, 0.6) is 0 Å². The minimum Gasteiger partial charge on any atom is -0.394 e. The summed E-state index contributed by atoms with van der Waals surface area (Å²) >= 11 is 0. The number of aromatic amines is 2. The number of carbonyl (C=O) groups excluding carboxylic acids is 1. The number of nitrogens with one attached hydrogen (secondary N) is 3. The molecule has 3 aromatic rings. The topological polar surface area (TPSA) is 114 Å². The van der Waals surface area contributed by atoms with E-state index in [1.807, 2.05) is 12.1 Å². The fourth-order valence-electron chi connectivity index (χ4n) is 3.89. The minimum atomic E-state index is -0.662. The van der Waals surface area contributed by atoms with E-state index in [9.17, 15) is 4.79 Å². The lowest BCUT2D eigenvalue weighted by Gasteiger charge is -2.28. The van der Waals surface area contributed by atoms with Crippen molar-refractivity contribution < 1.29 is 15.0 Å². The Balaban J connectivity index is 1.63. The first kappa shape index (κ1) is 18.7. The van der Waals surface area contributed by atoms with E-state index in [0.717, 1.165) is 41.6 Å². The van der Waals surface area contributed by atoms with Crippen LogP contribution < -0.4 is 5.32 Å². The van der Waals surface area contributed by atoms with E-state index >= 15 is 0 Å². The Morgan fingerprint density at radius 2 is 2.07 bits per heavy atom. The van der Waals surface area contributed by atoms with Crippen molar-refractivity contribution in [3.8, 4) is 11.4 Å². The number of rotatable bonds is 5. The summed E-state index contributed by atoms with van der Waals surface area (Å²) in [5.74, 6) is -0.322. The van der Waals surface area contributed by atoms with Crippen molar-refractivity contribution in [2.75, 3.05) is 13.2 Å². The summed E-state index contributed by atoms with van der Waals surface area (Å²) in [5, 5.41) is 29.6. The number of aliphatic hydroxyl groups excluding tert-OH is 2. The average Bonchev–Trinajstić information content (AvgIpc) is 3.27. The molecule has 2 heterocycles. The zero-order chi connectivity index (χ0) is 19.9. The van der Waals surface area contributed by atoms with E-state index < -0.39 is 6.04 Å². The van der Waals surface area contributed by atoms with Crippen LogP contribution in [-0.4, -0.2) is 50.6 Å². The molecule has 7 nitrogen and oxygen atoms in total. The van der Waals surface area contributed by atoms with Crippen molar-refractivity contribution in [1.29, 1.82) is 0 Å². The van der Waals surface area contributed by atoms with Gasteiger partial charge in [0.1, 0.15) is 5.69 Å². The Labute approximate surface area is 163 Å². The quantitative estimate of drug-likeness (QED) is 0.465. The van der Waals surface area contributed by atoms with Gasteiger partial charge in [0, 0.05) is 27.7 Å². The van der Waals surface area contributed by atoms with Crippen molar-refractivity contribution in [3.63, 3.8) is 0 Å². The second-order valence-corrected chi connectivity index (χ2v) is 8.39. The third-order valence-electron chi connectivity index (χ3n) is 5.57. The molecule has 1 aliphatic carbocycles. The van der Waals surface area contributed by atoms with Gasteiger partial charge in [0.2, 0.25) is 0 Å². The zero-order valence-corrected chi connectivity index (χ0v) is 16.2. The molecule has 1 aromatic carbocycles. The summed E-state index contributed by atoms with van der Waals surface area (Å²) in [6.45, 7) is 3.95. The Morgan fingerprint density at radius 1 is 1.29 bits per heavy atom. The summed E-state index contributed by atoms with van der Waals surface area (Å²) < 4.78 is 0. The van der Waals surface area contributed by atoms with E-state index in [1.54, 1.807) is 12.1 Å². The van der Waals surface area contributed by atoms with Gasteiger partial charge in [0.25, 0.3) is 5.91 Å². The molecule has 1 aliphatic rings. The third-order valence-corrected chi connectivity index (χ3v) is 5.57. The van der Waals surface area contributed by atoms with Crippen molar-refractivity contribution in [1.82, 2.24) is 20.5 Å². The van der Waals surface area contributed by atoms with E-state index in [1.165, 1.54) is 11.3 Å². The minimum absolute atomic E-state index is 0.292. The predicted molar refractivity (Wildman–Crippen MR) is 107 cm³/mol. The standard InChI is InChI=1S/C21H26N4O3/c1-21(2)6-5-15-18(9-21)24-25-19(15)17-8-13-7-12(3-4-16(13)23-17)20(28)22-14(10-26)11-27/h3-4,7-8,14,23,26-27H,5-6,9-11H2,1-2H3,(H,22,28)(H,24,25). The van der Waals surface area contributed by atoms with Crippen molar-refractivity contribution >= 4 is 16.8 Å². The second kappa shape index (κ2) is 7.07. The van der Waals surface area contributed by atoms with Crippen LogP contribution in [0, 0.1) is 5.41 Å². The monoisotopic (exact) mass is 382 g/mol. The smallest absolute Gasteiger partial charge is 0.251 e. The zero-order valence-electron chi connectivity index (χ0n) is 16.2. The Morgan fingerprint density at radius 3 is 2.82 bits per heavy atom. The van der Waals surface area contributed by atoms with Crippen LogP contribution in [0.1, 0.15) is 41.9 Å². The molecule has 5 N–H and O–H groups in total. The number of hydrogen-bond acceptors (Lipinski definition) is 4. The second-order valence-electron chi connectivity index (χ2n) is 8.39. The average molecular weight is 382 g/mol. The van der Waals surface area contributed by atoms with Gasteiger partial charge in [-0.3, -0.25) is 9.89 Å². The van der Waals surface area contributed by atoms with E-state index in [2.05, 4.69) is 34.3 Å². The highest BCUT2D eigenvalue weighted by atomic mass is 16.3. The highest BCUT2D eigenvalue weighted by molar-refractivity contribution is 5.99. The van der Waals surface area contributed by atoms with Gasteiger partial charge in [-0.2, -0.15) is 5.10 Å². The lowest BCUT2D eigenvalue weighted by atomic mass is 9.76. The van der Waals surface area contributed by atoms with Gasteiger partial charge in [0.15, 0.2) is 0 Å². The number of hydrogen-bond donors (Lipinski definition) is 5. The molecule has 28 heavy (non-hydrogen) atoms. The molecule has 0 radical (unpaired) electrons. The van der Waals surface area contributed by atoms with Gasteiger partial charge in [-0.05, 0) is 48.9 Å². The molecule has 0 aliphatic heterocycles. The fourth-order valence-corrected chi connectivity index (χ4v) is 3.89. The summed E-state index contributed by atoms with van der Waals surface area (Å²) in [4.78, 5) is 15.7. The number of nitrogens with zero attached hydrogens (tertiary/aromatic N) is 1. The van der Waals surface area contributed by atoms with Crippen LogP contribution in [-0.2, 0) is 12.8 Å². The third kappa shape index (κ3) is 3.43. The summed E-state index contributed by atoms with van der Waals surface area (Å²) in [6, 6.07) is 6.75. The van der Waals surface area contributed by atoms with Gasteiger partial charge in [-0.15, -0.1) is 0 Å². The molecular weight excluding hydrogens is 356 g/mol. The molecule has 4 rings (SSSR count). The summed E-state index contributed by atoms with van der Waals surface area (Å²) in [6.07, 6.45) is 3.13. The number of H-pyrrole nitrogens is 2. The van der Waals surface area contributed by atoms with Gasteiger partial charge in [-0.25, -0.2) is 0 Å². The molecule has 148 valence electrons. The number of carbonyl (C=O) groups is 1. The van der Waals surface area contributed by atoms with Crippen molar-refractivity contribution in [3.05, 3.63) is 41.1 Å². The maximum Gasteiger partial charge on any atom is 0.251 e. The normalized spacial score (nSPS) is 15.8. The first-order valence-electron chi connectivity index (χ1n) is 9.62. The van der Waals surface area contributed by atoms with Crippen LogP contribution in [0.4, 0.5) is 0 Å². The fraction of sp³-hybridized carbons (Fsp3) is 0.429. The summed E-state index contributed by atoms with van der Waals surface area (Å²) in [7, 11) is 0. The Hall–Kier alpha value is -2.64. The van der Waals surface area contributed by atoms with Crippen LogP contribution in [0.15, 0.2) is 24.3 Å². The molecule has 7 heteroatoms. The SMILES string of the molecule is CC1(C)CCc2c(-c3cc4cc(C(=O)NC(CO)CO)ccc4[nH]3)n[nH]c2C1.